The van der Waals surface area contributed by atoms with Crippen LogP contribution in [0, 0.1) is 0 Å². The van der Waals surface area contributed by atoms with Crippen molar-refractivity contribution in [3.8, 4) is 17.1 Å². The smallest absolute Gasteiger partial charge is 0.438 e. The zero-order valence-electron chi connectivity index (χ0n) is 14.1. The zero-order valence-corrected chi connectivity index (χ0v) is 14.9. The van der Waals surface area contributed by atoms with E-state index in [9.17, 15) is 23.4 Å². The summed E-state index contributed by atoms with van der Waals surface area (Å²) in [5.41, 5.74) is -2.09. The van der Waals surface area contributed by atoms with E-state index in [2.05, 4.69) is 15.1 Å². The Labute approximate surface area is 161 Å². The molecule has 3 aromatic rings. The lowest BCUT2D eigenvalue weighted by molar-refractivity contribution is -0.254. The first-order valence-corrected chi connectivity index (χ1v) is 8.99. The lowest BCUT2D eigenvalue weighted by atomic mass is 10.0. The van der Waals surface area contributed by atoms with Gasteiger partial charge < -0.3 is 10.2 Å². The van der Waals surface area contributed by atoms with Crippen LogP contribution in [0.3, 0.4) is 0 Å². The van der Waals surface area contributed by atoms with E-state index < -0.39 is 18.3 Å². The average molecular weight is 406 g/mol. The molecule has 0 radical (unpaired) electrons. The third-order valence-electron chi connectivity index (χ3n) is 4.22. The number of phenols is 1. The van der Waals surface area contributed by atoms with Crippen LogP contribution < -0.4 is 5.01 Å². The highest BCUT2D eigenvalue weighted by molar-refractivity contribution is 7.14. The molecule has 1 aromatic carbocycles. The standard InChI is InChI=1S/C18H13F3N4O2S/c19-18(20,21)17(27)9-14(11-4-3-5-12(26)8-11)24-25(17)16-23-15(10-28-16)13-6-1-2-7-22-13/h1-8,10,26-27H,9H2. The molecule has 4 rings (SSSR count). The molecule has 2 aromatic heterocycles. The Kier molecular flexibility index (Phi) is 4.31. The number of nitrogens with zero attached hydrogens (tertiary/aromatic N) is 4. The van der Waals surface area contributed by atoms with Gasteiger partial charge in [-0.15, -0.1) is 11.3 Å². The monoisotopic (exact) mass is 406 g/mol. The summed E-state index contributed by atoms with van der Waals surface area (Å²) in [6.07, 6.45) is -4.22. The number of thiazole rings is 1. The number of phenolic OH excluding ortho intramolecular Hbond substituents is 1. The van der Waals surface area contributed by atoms with Crippen LogP contribution in [0.1, 0.15) is 12.0 Å². The maximum Gasteiger partial charge on any atom is 0.438 e. The molecule has 0 saturated heterocycles. The number of hydrogen-bond acceptors (Lipinski definition) is 7. The third-order valence-corrected chi connectivity index (χ3v) is 5.04. The summed E-state index contributed by atoms with van der Waals surface area (Å²) in [6, 6.07) is 10.8. The summed E-state index contributed by atoms with van der Waals surface area (Å²) in [6.45, 7) is 0. The van der Waals surface area contributed by atoms with E-state index in [0.717, 1.165) is 11.3 Å². The molecule has 144 valence electrons. The fourth-order valence-corrected chi connectivity index (χ4v) is 3.64. The van der Waals surface area contributed by atoms with Gasteiger partial charge in [-0.3, -0.25) is 4.98 Å². The first kappa shape index (κ1) is 18.4. The van der Waals surface area contributed by atoms with Gasteiger partial charge in [-0.1, -0.05) is 18.2 Å². The number of pyridine rings is 1. The fourth-order valence-electron chi connectivity index (χ4n) is 2.81. The van der Waals surface area contributed by atoms with Gasteiger partial charge in [-0.25, -0.2) is 4.98 Å². The van der Waals surface area contributed by atoms with Gasteiger partial charge in [0.2, 0.25) is 5.13 Å². The van der Waals surface area contributed by atoms with E-state index in [0.29, 0.717) is 16.4 Å². The Balaban J connectivity index is 1.77. The van der Waals surface area contributed by atoms with Crippen molar-refractivity contribution < 1.29 is 23.4 Å². The Morgan fingerprint density at radius 3 is 2.61 bits per heavy atom. The highest BCUT2D eigenvalue weighted by Crippen LogP contribution is 2.45. The number of aromatic hydroxyl groups is 1. The summed E-state index contributed by atoms with van der Waals surface area (Å²) in [5.74, 6) is -0.110. The van der Waals surface area contributed by atoms with Crippen molar-refractivity contribution in [2.24, 2.45) is 5.10 Å². The molecule has 1 unspecified atom stereocenters. The van der Waals surface area contributed by atoms with Crippen molar-refractivity contribution in [3.05, 3.63) is 59.6 Å². The van der Waals surface area contributed by atoms with Crippen LogP contribution in [-0.4, -0.2) is 37.8 Å². The maximum absolute atomic E-state index is 13.7. The molecule has 3 heterocycles. The van der Waals surface area contributed by atoms with E-state index in [4.69, 9.17) is 0 Å². The molecule has 6 nitrogen and oxygen atoms in total. The molecule has 2 N–H and O–H groups in total. The predicted octanol–water partition coefficient (Wildman–Crippen LogP) is 3.78. The molecule has 0 spiro atoms. The number of halogens is 3. The molecular weight excluding hydrogens is 393 g/mol. The van der Waals surface area contributed by atoms with Crippen LogP contribution in [0.4, 0.5) is 18.3 Å². The number of anilines is 1. The van der Waals surface area contributed by atoms with Crippen LogP contribution in [0.25, 0.3) is 11.4 Å². The molecule has 0 saturated carbocycles. The minimum absolute atomic E-state index is 0.00897. The van der Waals surface area contributed by atoms with Gasteiger partial charge in [0.1, 0.15) is 11.4 Å². The summed E-state index contributed by atoms with van der Waals surface area (Å²) in [4.78, 5) is 8.31. The number of alkyl halides is 3. The first-order chi connectivity index (χ1) is 13.3. The van der Waals surface area contributed by atoms with E-state index in [1.807, 2.05) is 0 Å². The van der Waals surface area contributed by atoms with Crippen molar-refractivity contribution >= 4 is 22.2 Å². The lowest BCUT2D eigenvalue weighted by Gasteiger charge is -2.32. The van der Waals surface area contributed by atoms with E-state index in [1.165, 1.54) is 24.3 Å². The van der Waals surface area contributed by atoms with Crippen LogP contribution in [0.2, 0.25) is 0 Å². The highest BCUT2D eigenvalue weighted by Gasteiger charge is 2.62. The van der Waals surface area contributed by atoms with Gasteiger partial charge in [0.25, 0.3) is 5.72 Å². The topological polar surface area (TPSA) is 81.8 Å². The van der Waals surface area contributed by atoms with E-state index in [-0.39, 0.29) is 22.2 Å². The van der Waals surface area contributed by atoms with E-state index >= 15 is 0 Å². The van der Waals surface area contributed by atoms with Gasteiger partial charge in [0.05, 0.1) is 17.8 Å². The summed E-state index contributed by atoms with van der Waals surface area (Å²) in [7, 11) is 0. The number of rotatable bonds is 3. The highest BCUT2D eigenvalue weighted by atomic mass is 32.1. The summed E-state index contributed by atoms with van der Waals surface area (Å²) in [5, 5.41) is 26.0. The van der Waals surface area contributed by atoms with Crippen molar-refractivity contribution in [3.63, 3.8) is 0 Å². The van der Waals surface area contributed by atoms with Crippen LogP contribution in [-0.2, 0) is 0 Å². The largest absolute Gasteiger partial charge is 0.508 e. The average Bonchev–Trinajstić information content (AvgIpc) is 3.27. The molecular formula is C18H13F3N4O2S. The molecule has 1 atom stereocenters. The second-order valence-electron chi connectivity index (χ2n) is 6.13. The number of hydrogen-bond donors (Lipinski definition) is 2. The van der Waals surface area contributed by atoms with Crippen LogP contribution in [0.15, 0.2) is 59.1 Å². The summed E-state index contributed by atoms with van der Waals surface area (Å²) < 4.78 is 41.2. The van der Waals surface area contributed by atoms with Gasteiger partial charge in [-0.05, 0) is 24.3 Å². The molecule has 0 aliphatic carbocycles. The first-order valence-electron chi connectivity index (χ1n) is 8.11. The van der Waals surface area contributed by atoms with Crippen molar-refractivity contribution in [2.45, 2.75) is 18.3 Å². The minimum atomic E-state index is -4.98. The molecule has 0 amide bonds. The van der Waals surface area contributed by atoms with E-state index in [1.54, 1.807) is 29.8 Å². The minimum Gasteiger partial charge on any atom is -0.508 e. The number of hydrazone groups is 1. The Bertz CT molecular complexity index is 1040. The van der Waals surface area contributed by atoms with Gasteiger partial charge in [0.15, 0.2) is 0 Å². The molecule has 0 bridgehead atoms. The SMILES string of the molecule is Oc1cccc(C2=NN(c3nc(-c4ccccn4)cs3)C(O)(C(F)(F)F)C2)c1. The van der Waals surface area contributed by atoms with Gasteiger partial charge in [0, 0.05) is 17.1 Å². The third kappa shape index (κ3) is 3.10. The normalized spacial score (nSPS) is 19.7. The van der Waals surface area contributed by atoms with Crippen LogP contribution in [0.5, 0.6) is 5.75 Å². The lowest BCUT2D eigenvalue weighted by Crippen LogP contribution is -2.55. The second kappa shape index (κ2) is 6.57. The predicted molar refractivity (Wildman–Crippen MR) is 98.1 cm³/mol. The molecule has 10 heteroatoms. The van der Waals surface area contributed by atoms with Crippen molar-refractivity contribution in [1.82, 2.24) is 9.97 Å². The molecule has 0 fully saturated rings. The summed E-state index contributed by atoms with van der Waals surface area (Å²) >= 11 is 0.919. The van der Waals surface area contributed by atoms with Gasteiger partial charge in [-0.2, -0.15) is 23.3 Å². The Morgan fingerprint density at radius 1 is 1.11 bits per heavy atom. The van der Waals surface area contributed by atoms with Crippen molar-refractivity contribution in [1.29, 1.82) is 0 Å². The number of aliphatic hydroxyl groups is 1. The van der Waals surface area contributed by atoms with Crippen LogP contribution >= 0.6 is 11.3 Å². The zero-order chi connectivity index (χ0) is 19.9. The quantitative estimate of drug-likeness (QED) is 0.692. The number of benzene rings is 1. The Morgan fingerprint density at radius 2 is 1.93 bits per heavy atom. The molecule has 1 aliphatic rings. The Hall–Kier alpha value is -2.98. The second-order valence-corrected chi connectivity index (χ2v) is 6.97. The van der Waals surface area contributed by atoms with Gasteiger partial charge >= 0.3 is 6.18 Å². The molecule has 1 aliphatic heterocycles. The number of aromatic nitrogens is 2. The maximum atomic E-state index is 13.7. The molecule has 28 heavy (non-hydrogen) atoms. The van der Waals surface area contributed by atoms with Crippen molar-refractivity contribution in [2.75, 3.05) is 5.01 Å². The fraction of sp³-hybridized carbons (Fsp3) is 0.167.